The van der Waals surface area contributed by atoms with Crippen molar-refractivity contribution in [3.63, 3.8) is 0 Å². The van der Waals surface area contributed by atoms with E-state index in [1.165, 1.54) is 0 Å². The van der Waals surface area contributed by atoms with Gasteiger partial charge >= 0.3 is 0 Å². The standard InChI is InChI=1S/C29H32N6O3/c1-4-35-9-7-29(8-10-35)37-16-22-12-20(11-21(14-30)28(22)38-29)27(32)24-13-23(5-6-26(24)31)36-17-25-18(2)15-33-34-19(25)3/h5-6,11-13,15,32H,4,7-10,16-17,31H2,1-3H3. The number of nitriles is 1. The molecular formula is C29H32N6O3. The molecule has 1 fully saturated rings. The van der Waals surface area contributed by atoms with Crippen LogP contribution in [0.15, 0.2) is 36.5 Å². The summed E-state index contributed by atoms with van der Waals surface area (Å²) in [6.07, 6.45) is 3.21. The fourth-order valence-electron chi connectivity index (χ4n) is 5.02. The number of aromatic nitrogens is 2. The third-order valence-electron chi connectivity index (χ3n) is 7.47. The minimum atomic E-state index is -0.698. The zero-order valence-electron chi connectivity index (χ0n) is 22.0. The molecule has 2 aliphatic rings. The van der Waals surface area contributed by atoms with E-state index in [-0.39, 0.29) is 5.71 Å². The molecule has 3 aromatic rings. The molecule has 0 aliphatic carbocycles. The van der Waals surface area contributed by atoms with Crippen molar-refractivity contribution in [3.05, 3.63) is 75.6 Å². The first-order valence-corrected chi connectivity index (χ1v) is 12.8. The maximum absolute atomic E-state index is 9.96. The average Bonchev–Trinajstić information content (AvgIpc) is 2.93. The van der Waals surface area contributed by atoms with Gasteiger partial charge < -0.3 is 24.8 Å². The van der Waals surface area contributed by atoms with Gasteiger partial charge in [0, 0.05) is 53.9 Å². The number of nitrogens with two attached hydrogens (primary N) is 1. The van der Waals surface area contributed by atoms with E-state index in [4.69, 9.17) is 25.4 Å². The van der Waals surface area contributed by atoms with E-state index in [9.17, 15) is 5.26 Å². The lowest BCUT2D eigenvalue weighted by atomic mass is 9.95. The molecule has 2 aliphatic heterocycles. The quantitative estimate of drug-likeness (QED) is 0.370. The Morgan fingerprint density at radius 3 is 2.74 bits per heavy atom. The van der Waals surface area contributed by atoms with Gasteiger partial charge in [-0.2, -0.15) is 15.5 Å². The molecule has 1 spiro atoms. The number of piperidine rings is 1. The highest BCUT2D eigenvalue weighted by Crippen LogP contribution is 2.40. The molecule has 0 saturated carbocycles. The van der Waals surface area contributed by atoms with Crippen LogP contribution in [0, 0.1) is 30.6 Å². The predicted molar refractivity (Wildman–Crippen MR) is 143 cm³/mol. The van der Waals surface area contributed by atoms with Gasteiger partial charge in [0.05, 0.1) is 29.8 Å². The molecule has 38 heavy (non-hydrogen) atoms. The topological polar surface area (TPSA) is 130 Å². The number of hydrogen-bond donors (Lipinski definition) is 2. The molecule has 0 amide bonds. The normalized spacial score (nSPS) is 16.4. The number of rotatable bonds is 6. The van der Waals surface area contributed by atoms with Gasteiger partial charge in [0.1, 0.15) is 24.2 Å². The molecule has 9 heteroatoms. The van der Waals surface area contributed by atoms with Crippen LogP contribution in [-0.4, -0.2) is 46.2 Å². The van der Waals surface area contributed by atoms with E-state index >= 15 is 0 Å². The van der Waals surface area contributed by atoms with Crippen LogP contribution >= 0.6 is 0 Å². The third-order valence-corrected chi connectivity index (χ3v) is 7.47. The van der Waals surface area contributed by atoms with Crippen molar-refractivity contribution >= 4 is 11.4 Å². The summed E-state index contributed by atoms with van der Waals surface area (Å²) in [5.74, 6) is 0.443. The van der Waals surface area contributed by atoms with Crippen molar-refractivity contribution < 1.29 is 14.2 Å². The molecule has 1 saturated heterocycles. The molecule has 3 heterocycles. The smallest absolute Gasteiger partial charge is 0.213 e. The monoisotopic (exact) mass is 512 g/mol. The number of nitrogens with zero attached hydrogens (tertiary/aromatic N) is 4. The van der Waals surface area contributed by atoms with E-state index in [1.54, 1.807) is 30.5 Å². The first-order valence-electron chi connectivity index (χ1n) is 12.8. The molecule has 2 aromatic carbocycles. The second-order valence-electron chi connectivity index (χ2n) is 9.86. The minimum absolute atomic E-state index is 0.196. The maximum Gasteiger partial charge on any atom is 0.213 e. The van der Waals surface area contributed by atoms with Crippen LogP contribution in [-0.2, 0) is 18.0 Å². The maximum atomic E-state index is 9.96. The third kappa shape index (κ3) is 4.93. The number of anilines is 1. The van der Waals surface area contributed by atoms with Gasteiger partial charge in [-0.3, -0.25) is 5.41 Å². The Kier molecular flexibility index (Phi) is 7.02. The molecular weight excluding hydrogens is 480 g/mol. The highest BCUT2D eigenvalue weighted by atomic mass is 16.7. The van der Waals surface area contributed by atoms with E-state index < -0.39 is 5.79 Å². The summed E-state index contributed by atoms with van der Waals surface area (Å²) < 4.78 is 18.6. The summed E-state index contributed by atoms with van der Waals surface area (Å²) in [4.78, 5) is 2.36. The van der Waals surface area contributed by atoms with Crippen LogP contribution in [0.1, 0.15) is 58.8 Å². The Balaban J connectivity index is 1.38. The lowest BCUT2D eigenvalue weighted by Crippen LogP contribution is -2.51. The van der Waals surface area contributed by atoms with Crippen molar-refractivity contribution in [3.8, 4) is 17.6 Å². The Morgan fingerprint density at radius 1 is 1.24 bits per heavy atom. The largest absolute Gasteiger partial charge is 0.489 e. The summed E-state index contributed by atoms with van der Waals surface area (Å²) in [6.45, 7) is 9.45. The summed E-state index contributed by atoms with van der Waals surface area (Å²) in [5.41, 5.74) is 11.9. The summed E-state index contributed by atoms with van der Waals surface area (Å²) in [5, 5.41) is 27.0. The average molecular weight is 513 g/mol. The number of ether oxygens (including phenoxy) is 3. The van der Waals surface area contributed by atoms with Crippen molar-refractivity contribution in [1.82, 2.24) is 15.1 Å². The van der Waals surface area contributed by atoms with Gasteiger partial charge in [-0.15, -0.1) is 0 Å². The van der Waals surface area contributed by atoms with Crippen LogP contribution in [0.3, 0.4) is 0 Å². The fraction of sp³-hybridized carbons (Fsp3) is 0.379. The first kappa shape index (κ1) is 25.6. The highest BCUT2D eigenvalue weighted by Gasteiger charge is 2.41. The van der Waals surface area contributed by atoms with Gasteiger partial charge in [0.2, 0.25) is 5.79 Å². The summed E-state index contributed by atoms with van der Waals surface area (Å²) >= 11 is 0. The Labute approximate surface area is 222 Å². The second kappa shape index (κ2) is 10.4. The lowest BCUT2D eigenvalue weighted by Gasteiger charge is -2.44. The molecule has 1 aromatic heterocycles. The van der Waals surface area contributed by atoms with Gasteiger partial charge in [-0.05, 0) is 56.3 Å². The van der Waals surface area contributed by atoms with Gasteiger partial charge in [0.15, 0.2) is 0 Å². The van der Waals surface area contributed by atoms with E-state index in [1.807, 2.05) is 19.9 Å². The zero-order chi connectivity index (χ0) is 26.9. The fourth-order valence-corrected chi connectivity index (χ4v) is 5.02. The molecule has 0 unspecified atom stereocenters. The van der Waals surface area contributed by atoms with Gasteiger partial charge in [-0.25, -0.2) is 0 Å². The summed E-state index contributed by atoms with van der Waals surface area (Å²) in [7, 11) is 0. The van der Waals surface area contributed by atoms with E-state index in [0.29, 0.717) is 47.1 Å². The number of nitrogen functional groups attached to an aromatic ring is 1. The van der Waals surface area contributed by atoms with Crippen LogP contribution in [0.5, 0.6) is 11.5 Å². The SMILES string of the molecule is CCN1CCC2(CC1)OCc1cc(C(=N)c3cc(OCc4c(C)cnnc4C)ccc3N)cc(C#N)c1O2. The number of aryl methyl sites for hydroxylation is 2. The first-order chi connectivity index (χ1) is 18.3. The van der Waals surface area contributed by atoms with E-state index in [2.05, 4.69) is 28.1 Å². The molecule has 9 nitrogen and oxygen atoms in total. The lowest BCUT2D eigenvalue weighted by molar-refractivity contribution is -0.228. The second-order valence-corrected chi connectivity index (χ2v) is 9.86. The van der Waals surface area contributed by atoms with E-state index in [0.717, 1.165) is 54.9 Å². The van der Waals surface area contributed by atoms with Crippen LogP contribution in [0.2, 0.25) is 0 Å². The molecule has 0 atom stereocenters. The van der Waals surface area contributed by atoms with Gasteiger partial charge in [0.25, 0.3) is 0 Å². The zero-order valence-corrected chi connectivity index (χ0v) is 22.0. The number of benzene rings is 2. The molecule has 3 N–H and O–H groups in total. The number of hydrogen-bond acceptors (Lipinski definition) is 9. The summed E-state index contributed by atoms with van der Waals surface area (Å²) in [6, 6.07) is 11.1. The Hall–Kier alpha value is -4.00. The number of nitrogens with one attached hydrogen (secondary N) is 1. The van der Waals surface area contributed by atoms with Crippen LogP contribution in [0.25, 0.3) is 0 Å². The van der Waals surface area contributed by atoms with Crippen molar-refractivity contribution in [2.24, 2.45) is 0 Å². The Bertz CT molecular complexity index is 1400. The van der Waals surface area contributed by atoms with Crippen molar-refractivity contribution in [2.45, 2.75) is 52.6 Å². The van der Waals surface area contributed by atoms with Crippen molar-refractivity contribution in [2.75, 3.05) is 25.4 Å². The minimum Gasteiger partial charge on any atom is -0.489 e. The predicted octanol–water partition coefficient (Wildman–Crippen LogP) is 4.26. The molecule has 0 bridgehead atoms. The molecule has 196 valence electrons. The van der Waals surface area contributed by atoms with Gasteiger partial charge in [-0.1, -0.05) is 6.92 Å². The van der Waals surface area contributed by atoms with Crippen LogP contribution < -0.4 is 15.2 Å². The Morgan fingerprint density at radius 2 is 2.03 bits per heavy atom. The van der Waals surface area contributed by atoms with Crippen molar-refractivity contribution in [1.29, 1.82) is 10.7 Å². The van der Waals surface area contributed by atoms with Crippen LogP contribution in [0.4, 0.5) is 5.69 Å². The molecule has 5 rings (SSSR count). The molecule has 0 radical (unpaired) electrons. The highest BCUT2D eigenvalue weighted by molar-refractivity contribution is 6.14. The number of likely N-dealkylation sites (tertiary alicyclic amines) is 1. The number of fused-ring (bicyclic) bond motifs is 1.